The van der Waals surface area contributed by atoms with Crippen LogP contribution in [-0.2, 0) is 11.3 Å². The Morgan fingerprint density at radius 2 is 1.95 bits per heavy atom. The minimum atomic E-state index is 0.286. The highest BCUT2D eigenvalue weighted by Crippen LogP contribution is 2.10. The molecule has 0 spiro atoms. The summed E-state index contributed by atoms with van der Waals surface area (Å²) < 4.78 is 0. The second kappa shape index (κ2) is 7.56. The molecule has 0 N–H and O–H groups in total. The Bertz CT molecular complexity index is 396. The number of thioether (sulfide) groups is 1. The summed E-state index contributed by atoms with van der Waals surface area (Å²) in [5.41, 5.74) is 1.35. The molecule has 1 saturated heterocycles. The molecule has 1 amide bonds. The molecular formula is C15H22N2OS. The summed E-state index contributed by atoms with van der Waals surface area (Å²) in [5.74, 6) is 0.896. The molecule has 1 heterocycles. The van der Waals surface area contributed by atoms with Crippen LogP contribution in [0.4, 0.5) is 0 Å². The molecule has 0 aromatic heterocycles. The lowest BCUT2D eigenvalue weighted by molar-refractivity contribution is -0.128. The van der Waals surface area contributed by atoms with Crippen LogP contribution in [0.25, 0.3) is 0 Å². The van der Waals surface area contributed by atoms with Crippen molar-refractivity contribution in [3.8, 4) is 0 Å². The first-order valence-corrected chi connectivity index (χ1v) is 8.22. The van der Waals surface area contributed by atoms with Crippen molar-refractivity contribution in [2.45, 2.75) is 13.0 Å². The van der Waals surface area contributed by atoms with Crippen LogP contribution >= 0.6 is 11.8 Å². The van der Waals surface area contributed by atoms with Gasteiger partial charge in [0, 0.05) is 32.7 Å². The molecule has 0 saturated carbocycles. The Hall–Kier alpha value is -1.00. The lowest BCUT2D eigenvalue weighted by Crippen LogP contribution is -2.36. The smallest absolute Gasteiger partial charge is 0.232 e. The molecule has 3 nitrogen and oxygen atoms in total. The normalized spacial score (nSPS) is 17.2. The van der Waals surface area contributed by atoms with E-state index >= 15 is 0 Å². The first kappa shape index (κ1) is 14.4. The van der Waals surface area contributed by atoms with E-state index in [1.165, 1.54) is 5.56 Å². The molecule has 104 valence electrons. The Kier molecular flexibility index (Phi) is 5.73. The van der Waals surface area contributed by atoms with E-state index in [2.05, 4.69) is 35.2 Å². The van der Waals surface area contributed by atoms with Gasteiger partial charge in [0.2, 0.25) is 5.91 Å². The number of benzene rings is 1. The summed E-state index contributed by atoms with van der Waals surface area (Å²) in [6.45, 7) is 4.83. The maximum Gasteiger partial charge on any atom is 0.232 e. The molecule has 0 atom stereocenters. The fourth-order valence-electron chi connectivity index (χ4n) is 2.43. The molecule has 0 aliphatic carbocycles. The molecule has 4 heteroatoms. The van der Waals surface area contributed by atoms with Crippen LogP contribution in [0.3, 0.4) is 0 Å². The van der Waals surface area contributed by atoms with Gasteiger partial charge < -0.3 is 4.90 Å². The fourth-order valence-corrected chi connectivity index (χ4v) is 2.86. The molecule has 19 heavy (non-hydrogen) atoms. The number of amides is 1. The van der Waals surface area contributed by atoms with Crippen LogP contribution in [0.2, 0.25) is 0 Å². The highest BCUT2D eigenvalue weighted by molar-refractivity contribution is 7.99. The predicted octanol–water partition coefficient (Wildman–Crippen LogP) is 2.08. The zero-order chi connectivity index (χ0) is 13.5. The molecule has 1 aromatic rings. The first-order valence-electron chi connectivity index (χ1n) is 6.82. The van der Waals surface area contributed by atoms with Crippen molar-refractivity contribution in [2.75, 3.05) is 38.2 Å². The molecule has 1 fully saturated rings. The van der Waals surface area contributed by atoms with Crippen molar-refractivity contribution in [1.29, 1.82) is 0 Å². The Balaban J connectivity index is 1.85. The zero-order valence-electron chi connectivity index (χ0n) is 11.5. The van der Waals surface area contributed by atoms with E-state index < -0.39 is 0 Å². The van der Waals surface area contributed by atoms with Crippen LogP contribution in [-0.4, -0.2) is 53.9 Å². The number of nitrogens with zero attached hydrogens (tertiary/aromatic N) is 2. The van der Waals surface area contributed by atoms with E-state index in [0.717, 1.165) is 39.1 Å². The van der Waals surface area contributed by atoms with Gasteiger partial charge in [-0.2, -0.15) is 11.8 Å². The zero-order valence-corrected chi connectivity index (χ0v) is 12.4. The van der Waals surface area contributed by atoms with Crippen LogP contribution in [0, 0.1) is 0 Å². The van der Waals surface area contributed by atoms with Crippen molar-refractivity contribution >= 4 is 17.7 Å². The summed E-state index contributed by atoms with van der Waals surface area (Å²) in [7, 11) is 0. The van der Waals surface area contributed by atoms with Crippen LogP contribution in [0.5, 0.6) is 0 Å². The summed E-state index contributed by atoms with van der Waals surface area (Å²) in [5, 5.41) is 0. The quantitative estimate of drug-likeness (QED) is 0.842. The second-order valence-electron chi connectivity index (χ2n) is 4.93. The number of carbonyl (C=O) groups is 1. The van der Waals surface area contributed by atoms with E-state index in [-0.39, 0.29) is 5.91 Å². The average Bonchev–Trinajstić information content (AvgIpc) is 2.66. The second-order valence-corrected chi connectivity index (χ2v) is 5.80. The highest BCUT2D eigenvalue weighted by atomic mass is 32.2. The summed E-state index contributed by atoms with van der Waals surface area (Å²) in [4.78, 5) is 16.4. The van der Waals surface area contributed by atoms with E-state index in [4.69, 9.17) is 0 Å². The van der Waals surface area contributed by atoms with Gasteiger partial charge in [0.15, 0.2) is 0 Å². The van der Waals surface area contributed by atoms with Gasteiger partial charge in [0.25, 0.3) is 0 Å². The molecule has 0 unspecified atom stereocenters. The van der Waals surface area contributed by atoms with Gasteiger partial charge in [0.05, 0.1) is 5.75 Å². The Morgan fingerprint density at radius 1 is 1.16 bits per heavy atom. The van der Waals surface area contributed by atoms with Crippen LogP contribution in [0.15, 0.2) is 30.3 Å². The first-order chi connectivity index (χ1) is 9.29. The summed E-state index contributed by atoms with van der Waals surface area (Å²) in [6, 6.07) is 10.6. The molecule has 1 aromatic carbocycles. The van der Waals surface area contributed by atoms with Crippen molar-refractivity contribution in [3.05, 3.63) is 35.9 Å². The fraction of sp³-hybridized carbons (Fsp3) is 0.533. The number of hydrogen-bond donors (Lipinski definition) is 0. The molecule has 1 aliphatic heterocycles. The van der Waals surface area contributed by atoms with Crippen molar-refractivity contribution in [3.63, 3.8) is 0 Å². The van der Waals surface area contributed by atoms with E-state index in [1.807, 2.05) is 11.2 Å². The third-order valence-corrected chi connectivity index (χ3v) is 3.99. The highest BCUT2D eigenvalue weighted by Gasteiger charge is 2.18. The number of rotatable bonds is 4. The lowest BCUT2D eigenvalue weighted by atomic mass is 10.2. The summed E-state index contributed by atoms with van der Waals surface area (Å²) >= 11 is 1.61. The van der Waals surface area contributed by atoms with E-state index in [9.17, 15) is 4.79 Å². The SMILES string of the molecule is CSCC(=O)N1CCCN(Cc2ccccc2)CC1. The van der Waals surface area contributed by atoms with Gasteiger partial charge in [-0.1, -0.05) is 30.3 Å². The maximum absolute atomic E-state index is 11.9. The van der Waals surface area contributed by atoms with E-state index in [1.54, 1.807) is 11.8 Å². The third-order valence-electron chi connectivity index (χ3n) is 3.46. The molecule has 2 rings (SSSR count). The average molecular weight is 278 g/mol. The summed E-state index contributed by atoms with van der Waals surface area (Å²) in [6.07, 6.45) is 3.06. The van der Waals surface area contributed by atoms with Gasteiger partial charge in [-0.25, -0.2) is 0 Å². The van der Waals surface area contributed by atoms with Crippen molar-refractivity contribution in [1.82, 2.24) is 9.80 Å². The van der Waals surface area contributed by atoms with Crippen molar-refractivity contribution in [2.24, 2.45) is 0 Å². The minimum Gasteiger partial charge on any atom is -0.341 e. The maximum atomic E-state index is 11.9. The van der Waals surface area contributed by atoms with Crippen LogP contribution < -0.4 is 0 Å². The molecular weight excluding hydrogens is 256 g/mol. The molecule has 0 bridgehead atoms. The van der Waals surface area contributed by atoms with Crippen LogP contribution in [0.1, 0.15) is 12.0 Å². The number of hydrogen-bond acceptors (Lipinski definition) is 3. The van der Waals surface area contributed by atoms with Crippen molar-refractivity contribution < 1.29 is 4.79 Å². The standard InChI is InChI=1S/C15H22N2OS/c1-19-13-15(18)17-9-5-8-16(10-11-17)12-14-6-3-2-4-7-14/h2-4,6-7H,5,8-13H2,1H3. The van der Waals surface area contributed by atoms with Gasteiger partial charge in [0.1, 0.15) is 0 Å². The predicted molar refractivity (Wildman–Crippen MR) is 81.3 cm³/mol. The molecule has 0 radical (unpaired) electrons. The van der Waals surface area contributed by atoms with Gasteiger partial charge >= 0.3 is 0 Å². The monoisotopic (exact) mass is 278 g/mol. The largest absolute Gasteiger partial charge is 0.341 e. The van der Waals surface area contributed by atoms with Gasteiger partial charge in [-0.3, -0.25) is 9.69 Å². The van der Waals surface area contributed by atoms with E-state index in [0.29, 0.717) is 5.75 Å². The minimum absolute atomic E-state index is 0.286. The lowest BCUT2D eigenvalue weighted by Gasteiger charge is -2.21. The molecule has 1 aliphatic rings. The third kappa shape index (κ3) is 4.55. The Labute approximate surface area is 120 Å². The van der Waals surface area contributed by atoms with Gasteiger partial charge in [-0.05, 0) is 18.2 Å². The Morgan fingerprint density at radius 3 is 2.68 bits per heavy atom. The number of carbonyl (C=O) groups excluding carboxylic acids is 1. The topological polar surface area (TPSA) is 23.6 Å². The van der Waals surface area contributed by atoms with Gasteiger partial charge in [-0.15, -0.1) is 0 Å².